The van der Waals surface area contributed by atoms with Gasteiger partial charge in [-0.15, -0.1) is 0 Å². The number of hydrogen-bond acceptors (Lipinski definition) is 1. The highest BCUT2D eigenvalue weighted by Crippen LogP contribution is 2.44. The molecule has 156 valence electrons. The number of hydrogen-bond donors (Lipinski definition) is 2. The zero-order valence-corrected chi connectivity index (χ0v) is 16.9. The van der Waals surface area contributed by atoms with Crippen LogP contribution >= 0.6 is 0 Å². The van der Waals surface area contributed by atoms with Gasteiger partial charge < -0.3 is 10.1 Å². The normalized spacial score (nSPS) is 14.9. The number of fused-ring (bicyclic) bond motifs is 1. The van der Waals surface area contributed by atoms with Crippen molar-refractivity contribution in [3.63, 3.8) is 0 Å². The number of H-pyrrole nitrogens is 1. The highest BCUT2D eigenvalue weighted by molar-refractivity contribution is 5.80. The minimum Gasteiger partial charge on any atom is -0.380 e. The van der Waals surface area contributed by atoms with Crippen molar-refractivity contribution in [2.75, 3.05) is 0 Å². The molecule has 1 heterocycles. The first-order valence-electron chi connectivity index (χ1n) is 9.45. The van der Waals surface area contributed by atoms with E-state index in [0.717, 1.165) is 16.7 Å². The molecular weight excluding hydrogens is 382 g/mol. The number of aromatic nitrogens is 1. The van der Waals surface area contributed by atoms with Crippen LogP contribution in [0.3, 0.4) is 0 Å². The lowest BCUT2D eigenvalue weighted by Gasteiger charge is -2.38. The topological polar surface area (TPSA) is 36.0 Å². The van der Waals surface area contributed by atoms with Crippen LogP contribution in [0, 0.1) is 19.7 Å². The van der Waals surface area contributed by atoms with E-state index >= 15 is 0 Å². The van der Waals surface area contributed by atoms with Crippen LogP contribution in [0.1, 0.15) is 42.7 Å². The first-order valence-corrected chi connectivity index (χ1v) is 9.45. The SMILES string of the molecule is Cc1ccc(C)c(C(C)(C)CC(O)(Cc2cc3cccc(F)c3[nH]2)C(F)(F)F)c1. The van der Waals surface area contributed by atoms with Gasteiger partial charge in [-0.1, -0.05) is 49.7 Å². The molecule has 6 heteroatoms. The molecule has 1 atom stereocenters. The molecule has 1 unspecified atom stereocenters. The molecule has 0 bridgehead atoms. The number of aliphatic hydroxyl groups is 1. The Balaban J connectivity index is 2.00. The van der Waals surface area contributed by atoms with Gasteiger partial charge in [-0.2, -0.15) is 13.2 Å². The standard InChI is InChI=1S/C23H25F4NO/c1-14-8-9-15(2)18(10-14)21(3,4)13-22(29,23(25,26)27)12-17-11-16-6-5-7-19(24)20(16)28-17/h5-11,28-29H,12-13H2,1-4H3. The molecule has 2 aromatic carbocycles. The molecule has 0 saturated carbocycles. The van der Waals surface area contributed by atoms with Gasteiger partial charge in [0, 0.05) is 17.5 Å². The molecule has 0 spiro atoms. The van der Waals surface area contributed by atoms with Gasteiger partial charge in [0.15, 0.2) is 5.60 Å². The van der Waals surface area contributed by atoms with Gasteiger partial charge in [-0.25, -0.2) is 4.39 Å². The van der Waals surface area contributed by atoms with E-state index in [0.29, 0.717) is 5.39 Å². The number of benzene rings is 2. The minimum atomic E-state index is -4.85. The number of aryl methyl sites for hydroxylation is 2. The maximum atomic E-state index is 14.0. The fourth-order valence-corrected chi connectivity index (χ4v) is 4.14. The van der Waals surface area contributed by atoms with E-state index < -0.39 is 35.9 Å². The lowest BCUT2D eigenvalue weighted by molar-refractivity contribution is -0.266. The number of rotatable bonds is 5. The van der Waals surface area contributed by atoms with E-state index in [2.05, 4.69) is 4.98 Å². The van der Waals surface area contributed by atoms with Gasteiger partial charge in [0.2, 0.25) is 0 Å². The molecule has 0 aliphatic carbocycles. The highest BCUT2D eigenvalue weighted by Gasteiger charge is 2.56. The summed E-state index contributed by atoms with van der Waals surface area (Å²) in [4.78, 5) is 2.70. The number of aromatic amines is 1. The van der Waals surface area contributed by atoms with E-state index in [1.54, 1.807) is 19.9 Å². The molecule has 0 saturated heterocycles. The van der Waals surface area contributed by atoms with Gasteiger partial charge in [0.05, 0.1) is 5.52 Å². The summed E-state index contributed by atoms with van der Waals surface area (Å²) in [7, 11) is 0. The summed E-state index contributed by atoms with van der Waals surface area (Å²) in [5.41, 5.74) is -1.04. The summed E-state index contributed by atoms with van der Waals surface area (Å²) in [5, 5.41) is 11.3. The monoisotopic (exact) mass is 407 g/mol. The van der Waals surface area contributed by atoms with Gasteiger partial charge in [0.1, 0.15) is 5.82 Å². The molecular formula is C23H25F4NO. The van der Waals surface area contributed by atoms with Gasteiger partial charge in [-0.3, -0.25) is 0 Å². The van der Waals surface area contributed by atoms with Crippen molar-refractivity contribution in [3.8, 4) is 0 Å². The van der Waals surface area contributed by atoms with E-state index in [9.17, 15) is 22.7 Å². The number of alkyl halides is 3. The van der Waals surface area contributed by atoms with Crippen LogP contribution in [-0.4, -0.2) is 21.9 Å². The Labute approximate surface area is 167 Å². The summed E-state index contributed by atoms with van der Waals surface area (Å²) in [5.74, 6) is -0.542. The fourth-order valence-electron chi connectivity index (χ4n) is 4.14. The summed E-state index contributed by atoms with van der Waals surface area (Å²) in [6.45, 7) is 7.14. The lowest BCUT2D eigenvalue weighted by atomic mass is 9.72. The molecule has 0 radical (unpaired) electrons. The smallest absolute Gasteiger partial charge is 0.380 e. The lowest BCUT2D eigenvalue weighted by Crippen LogP contribution is -2.51. The summed E-state index contributed by atoms with van der Waals surface area (Å²) in [6.07, 6.45) is -6.05. The van der Waals surface area contributed by atoms with Crippen LogP contribution in [0.25, 0.3) is 10.9 Å². The maximum absolute atomic E-state index is 14.0. The van der Waals surface area contributed by atoms with Gasteiger partial charge in [0.25, 0.3) is 0 Å². The van der Waals surface area contributed by atoms with Crippen molar-refractivity contribution in [3.05, 3.63) is 70.7 Å². The molecule has 2 nitrogen and oxygen atoms in total. The fraction of sp³-hybridized carbons (Fsp3) is 0.391. The average molecular weight is 407 g/mol. The van der Waals surface area contributed by atoms with Crippen molar-refractivity contribution in [2.24, 2.45) is 0 Å². The second-order valence-electron chi connectivity index (χ2n) is 8.58. The van der Waals surface area contributed by atoms with E-state index in [4.69, 9.17) is 0 Å². The first-order chi connectivity index (χ1) is 13.3. The van der Waals surface area contributed by atoms with E-state index in [1.165, 1.54) is 18.2 Å². The van der Waals surface area contributed by atoms with E-state index in [1.807, 2.05) is 32.0 Å². The van der Waals surface area contributed by atoms with Crippen LogP contribution in [0.5, 0.6) is 0 Å². The van der Waals surface area contributed by atoms with Crippen LogP contribution < -0.4 is 0 Å². The predicted octanol–water partition coefficient (Wildman–Crippen LogP) is 6.13. The van der Waals surface area contributed by atoms with Gasteiger partial charge in [-0.05, 0) is 48.9 Å². The molecule has 0 aliphatic rings. The first kappa shape index (κ1) is 21.4. The molecule has 0 aliphatic heterocycles. The summed E-state index contributed by atoms with van der Waals surface area (Å²) < 4.78 is 56.0. The van der Waals surface area contributed by atoms with E-state index in [-0.39, 0.29) is 11.2 Å². The number of nitrogens with one attached hydrogen (secondary N) is 1. The average Bonchev–Trinajstić information content (AvgIpc) is 2.99. The van der Waals surface area contributed by atoms with Crippen molar-refractivity contribution in [1.29, 1.82) is 0 Å². The Morgan fingerprint density at radius 1 is 1.00 bits per heavy atom. The predicted molar refractivity (Wildman–Crippen MR) is 107 cm³/mol. The van der Waals surface area contributed by atoms with Crippen molar-refractivity contribution < 1.29 is 22.7 Å². The second kappa shape index (κ2) is 7.17. The zero-order chi connectivity index (χ0) is 21.6. The third kappa shape index (κ3) is 4.17. The molecule has 29 heavy (non-hydrogen) atoms. The van der Waals surface area contributed by atoms with Crippen LogP contribution in [0.4, 0.5) is 17.6 Å². The third-order valence-electron chi connectivity index (χ3n) is 5.53. The Bertz CT molecular complexity index is 1040. The molecule has 0 fully saturated rings. The third-order valence-corrected chi connectivity index (χ3v) is 5.53. The molecule has 0 amide bonds. The number of halogens is 4. The molecule has 1 aromatic heterocycles. The van der Waals surface area contributed by atoms with Crippen LogP contribution in [0.2, 0.25) is 0 Å². The van der Waals surface area contributed by atoms with Gasteiger partial charge >= 0.3 is 6.18 Å². The Morgan fingerprint density at radius 3 is 2.31 bits per heavy atom. The molecule has 3 rings (SSSR count). The molecule has 2 N–H and O–H groups in total. The van der Waals surface area contributed by atoms with Crippen molar-refractivity contribution >= 4 is 10.9 Å². The Kier molecular flexibility index (Phi) is 5.28. The minimum absolute atomic E-state index is 0.140. The Morgan fingerprint density at radius 2 is 1.69 bits per heavy atom. The van der Waals surface area contributed by atoms with Crippen LogP contribution in [0.15, 0.2) is 42.5 Å². The van der Waals surface area contributed by atoms with Crippen molar-refractivity contribution in [1.82, 2.24) is 4.98 Å². The maximum Gasteiger partial charge on any atom is 0.417 e. The second-order valence-corrected chi connectivity index (χ2v) is 8.58. The quantitative estimate of drug-likeness (QED) is 0.491. The largest absolute Gasteiger partial charge is 0.417 e. The van der Waals surface area contributed by atoms with Crippen LogP contribution in [-0.2, 0) is 11.8 Å². The number of para-hydroxylation sites is 1. The molecule has 3 aromatic rings. The Hall–Kier alpha value is -2.34. The zero-order valence-electron chi connectivity index (χ0n) is 16.9. The summed E-state index contributed by atoms with van der Waals surface area (Å²) in [6, 6.07) is 11.5. The summed E-state index contributed by atoms with van der Waals surface area (Å²) >= 11 is 0. The van der Waals surface area contributed by atoms with Crippen molar-refractivity contribution in [2.45, 2.75) is 57.7 Å². The highest BCUT2D eigenvalue weighted by atomic mass is 19.4.